The van der Waals surface area contributed by atoms with E-state index in [1.165, 1.54) is 0 Å². The number of hydrogen-bond acceptors (Lipinski definition) is 5. The van der Waals surface area contributed by atoms with E-state index < -0.39 is 0 Å². The maximum absolute atomic E-state index is 5.92. The number of aromatic nitrogens is 1. The molecule has 1 unspecified atom stereocenters. The van der Waals surface area contributed by atoms with Crippen LogP contribution >= 0.6 is 35.3 Å². The molecule has 1 saturated heterocycles. The Morgan fingerprint density at radius 1 is 1.39 bits per heavy atom. The minimum absolute atomic E-state index is 0. The molecule has 0 spiro atoms. The number of morpholine rings is 1. The summed E-state index contributed by atoms with van der Waals surface area (Å²) in [6.07, 6.45) is 0.202. The Hall–Kier alpha value is -0.450. The van der Waals surface area contributed by atoms with Gasteiger partial charge in [0.15, 0.2) is 5.96 Å². The van der Waals surface area contributed by atoms with Gasteiger partial charge in [-0.3, -0.25) is 4.90 Å². The van der Waals surface area contributed by atoms with Crippen molar-refractivity contribution in [2.45, 2.75) is 59.6 Å². The van der Waals surface area contributed by atoms with Crippen molar-refractivity contribution in [3.05, 3.63) is 16.1 Å². The predicted molar refractivity (Wildman–Crippen MR) is 130 cm³/mol. The Balaban J connectivity index is 0.00000392. The molecule has 1 aliphatic heterocycles. The van der Waals surface area contributed by atoms with Gasteiger partial charge in [-0.25, -0.2) is 9.98 Å². The Labute approximate surface area is 192 Å². The van der Waals surface area contributed by atoms with Gasteiger partial charge in [-0.05, 0) is 12.8 Å². The fraction of sp³-hybridized carbons (Fsp3) is 0.800. The number of halogens is 1. The standard InChI is InChI=1S/C20H37N5OS.HI/c1-7-21-19(22-10-16-14-27-18(24-16)20(4,5)6)23-11-17-13-25(8-9-26-17)12-15(2)3;/h14-15,17H,7-13H2,1-6H3,(H2,21,22,23);1H. The van der Waals surface area contributed by atoms with Crippen LogP contribution in [0.5, 0.6) is 0 Å². The SMILES string of the molecule is CCNC(=NCc1csc(C(C)(C)C)n1)NCC1CN(CC(C)C)CCO1.I. The highest BCUT2D eigenvalue weighted by Crippen LogP contribution is 2.25. The number of hydrogen-bond donors (Lipinski definition) is 2. The minimum Gasteiger partial charge on any atom is -0.374 e. The van der Waals surface area contributed by atoms with E-state index in [2.05, 4.69) is 62.5 Å². The molecule has 1 aromatic heterocycles. The molecular weight excluding hydrogens is 485 g/mol. The van der Waals surface area contributed by atoms with E-state index in [-0.39, 0.29) is 35.5 Å². The van der Waals surface area contributed by atoms with Crippen molar-refractivity contribution in [2.75, 3.05) is 39.3 Å². The molecule has 2 N–H and O–H groups in total. The maximum atomic E-state index is 5.92. The van der Waals surface area contributed by atoms with Gasteiger partial charge in [-0.1, -0.05) is 34.6 Å². The predicted octanol–water partition coefficient (Wildman–Crippen LogP) is 3.47. The molecule has 1 atom stereocenters. The molecule has 2 heterocycles. The molecule has 0 amide bonds. The summed E-state index contributed by atoms with van der Waals surface area (Å²) in [5, 5.41) is 10.0. The van der Waals surface area contributed by atoms with E-state index in [1.54, 1.807) is 11.3 Å². The smallest absolute Gasteiger partial charge is 0.191 e. The molecule has 1 aliphatic rings. The van der Waals surface area contributed by atoms with Gasteiger partial charge in [-0.15, -0.1) is 35.3 Å². The molecule has 2 rings (SSSR count). The van der Waals surface area contributed by atoms with Gasteiger partial charge in [0.2, 0.25) is 0 Å². The van der Waals surface area contributed by atoms with Crippen LogP contribution in [0.15, 0.2) is 10.4 Å². The van der Waals surface area contributed by atoms with E-state index in [1.807, 2.05) is 0 Å². The van der Waals surface area contributed by atoms with Crippen LogP contribution in [0.25, 0.3) is 0 Å². The maximum Gasteiger partial charge on any atom is 0.191 e. The van der Waals surface area contributed by atoms with Crippen molar-refractivity contribution in [3.63, 3.8) is 0 Å². The number of guanidine groups is 1. The van der Waals surface area contributed by atoms with Gasteiger partial charge in [0, 0.05) is 43.5 Å². The Kier molecular flexibility index (Phi) is 11.2. The van der Waals surface area contributed by atoms with Gasteiger partial charge in [-0.2, -0.15) is 0 Å². The van der Waals surface area contributed by atoms with Crippen LogP contribution in [0.1, 0.15) is 52.2 Å². The number of rotatable bonds is 7. The fourth-order valence-corrected chi connectivity index (χ4v) is 3.92. The van der Waals surface area contributed by atoms with E-state index in [0.717, 1.165) is 56.0 Å². The highest BCUT2D eigenvalue weighted by molar-refractivity contribution is 14.0. The summed E-state index contributed by atoms with van der Waals surface area (Å²) >= 11 is 1.72. The van der Waals surface area contributed by atoms with Gasteiger partial charge >= 0.3 is 0 Å². The lowest BCUT2D eigenvalue weighted by atomic mass is 9.98. The van der Waals surface area contributed by atoms with Gasteiger partial charge in [0.1, 0.15) is 0 Å². The van der Waals surface area contributed by atoms with E-state index >= 15 is 0 Å². The van der Waals surface area contributed by atoms with Crippen LogP contribution in [0, 0.1) is 5.92 Å². The summed E-state index contributed by atoms with van der Waals surface area (Å²) in [7, 11) is 0. The van der Waals surface area contributed by atoms with Crippen molar-refractivity contribution in [1.29, 1.82) is 0 Å². The van der Waals surface area contributed by atoms with Crippen molar-refractivity contribution in [2.24, 2.45) is 10.9 Å². The first-order chi connectivity index (χ1) is 12.8. The first-order valence-corrected chi connectivity index (χ1v) is 11.0. The van der Waals surface area contributed by atoms with Gasteiger partial charge in [0.25, 0.3) is 0 Å². The molecule has 28 heavy (non-hydrogen) atoms. The quantitative estimate of drug-likeness (QED) is 0.326. The molecule has 0 saturated carbocycles. The van der Waals surface area contributed by atoms with Crippen LogP contribution < -0.4 is 10.6 Å². The molecule has 8 heteroatoms. The molecule has 1 aromatic rings. The molecule has 1 fully saturated rings. The first-order valence-electron chi connectivity index (χ1n) is 10.1. The zero-order chi connectivity index (χ0) is 19.9. The lowest BCUT2D eigenvalue weighted by molar-refractivity contribution is -0.0284. The molecule has 0 aromatic carbocycles. The zero-order valence-corrected chi connectivity index (χ0v) is 21.4. The van der Waals surface area contributed by atoms with Crippen LogP contribution in [-0.2, 0) is 16.7 Å². The summed E-state index contributed by atoms with van der Waals surface area (Å²) in [6.45, 7) is 19.3. The largest absolute Gasteiger partial charge is 0.374 e. The molecule has 0 aliphatic carbocycles. The summed E-state index contributed by atoms with van der Waals surface area (Å²) in [4.78, 5) is 11.9. The summed E-state index contributed by atoms with van der Waals surface area (Å²) < 4.78 is 5.92. The summed E-state index contributed by atoms with van der Waals surface area (Å²) in [5.74, 6) is 1.51. The molecule has 0 radical (unpaired) electrons. The average Bonchev–Trinajstić information content (AvgIpc) is 3.06. The minimum atomic E-state index is 0. The lowest BCUT2D eigenvalue weighted by Crippen LogP contribution is -2.50. The Bertz CT molecular complexity index is 600. The molecule has 0 bridgehead atoms. The normalized spacial score (nSPS) is 18.8. The fourth-order valence-electron chi connectivity index (χ4n) is 3.02. The number of ether oxygens (including phenoxy) is 1. The number of aliphatic imine (C=N–C) groups is 1. The number of nitrogens with one attached hydrogen (secondary N) is 2. The third-order valence-corrected chi connectivity index (χ3v) is 5.60. The monoisotopic (exact) mass is 523 g/mol. The number of thiazole rings is 1. The van der Waals surface area contributed by atoms with Crippen molar-refractivity contribution >= 4 is 41.3 Å². The van der Waals surface area contributed by atoms with Gasteiger partial charge in [0.05, 0.1) is 30.0 Å². The van der Waals surface area contributed by atoms with Crippen LogP contribution in [0.4, 0.5) is 0 Å². The van der Waals surface area contributed by atoms with Crippen LogP contribution in [0.2, 0.25) is 0 Å². The Morgan fingerprint density at radius 3 is 2.75 bits per heavy atom. The van der Waals surface area contributed by atoms with Crippen molar-refractivity contribution < 1.29 is 4.74 Å². The second-order valence-corrected chi connectivity index (χ2v) is 9.47. The first kappa shape index (κ1) is 25.6. The Morgan fingerprint density at radius 2 is 2.14 bits per heavy atom. The average molecular weight is 524 g/mol. The van der Waals surface area contributed by atoms with Crippen LogP contribution in [0.3, 0.4) is 0 Å². The van der Waals surface area contributed by atoms with Crippen LogP contribution in [-0.4, -0.2) is 61.3 Å². The van der Waals surface area contributed by atoms with Crippen molar-refractivity contribution in [3.8, 4) is 0 Å². The van der Waals surface area contributed by atoms with Crippen molar-refractivity contribution in [1.82, 2.24) is 20.5 Å². The van der Waals surface area contributed by atoms with E-state index in [0.29, 0.717) is 12.5 Å². The lowest BCUT2D eigenvalue weighted by Gasteiger charge is -2.34. The van der Waals surface area contributed by atoms with E-state index in [4.69, 9.17) is 14.7 Å². The zero-order valence-electron chi connectivity index (χ0n) is 18.2. The third kappa shape index (κ3) is 8.92. The highest BCUT2D eigenvalue weighted by atomic mass is 127. The summed E-state index contributed by atoms with van der Waals surface area (Å²) in [6, 6.07) is 0. The highest BCUT2D eigenvalue weighted by Gasteiger charge is 2.21. The topological polar surface area (TPSA) is 61.8 Å². The second kappa shape index (κ2) is 12.3. The molecular formula is C20H38IN5OS. The third-order valence-electron chi connectivity index (χ3n) is 4.28. The summed E-state index contributed by atoms with van der Waals surface area (Å²) in [5.41, 5.74) is 1.12. The molecule has 6 nitrogen and oxygen atoms in total. The second-order valence-electron chi connectivity index (χ2n) is 8.62. The van der Waals surface area contributed by atoms with E-state index in [9.17, 15) is 0 Å². The number of nitrogens with zero attached hydrogens (tertiary/aromatic N) is 3. The molecule has 162 valence electrons. The van der Waals surface area contributed by atoms with Gasteiger partial charge < -0.3 is 15.4 Å².